The van der Waals surface area contributed by atoms with Crippen LogP contribution in [0.15, 0.2) is 35.5 Å². The number of hydrogen-bond donors (Lipinski definition) is 0. The zero-order valence-electron chi connectivity index (χ0n) is 16.7. The van der Waals surface area contributed by atoms with Gasteiger partial charge in [0.1, 0.15) is 12.0 Å². The summed E-state index contributed by atoms with van der Waals surface area (Å²) in [6.45, 7) is 4.50. The molecule has 1 amide bonds. The van der Waals surface area contributed by atoms with E-state index in [0.29, 0.717) is 30.1 Å². The highest BCUT2D eigenvalue weighted by Crippen LogP contribution is 2.32. The quantitative estimate of drug-likeness (QED) is 0.644. The Kier molecular flexibility index (Phi) is 4.62. The van der Waals surface area contributed by atoms with Gasteiger partial charge in [-0.25, -0.2) is 22.2 Å². The Bertz CT molecular complexity index is 1220. The molecule has 29 heavy (non-hydrogen) atoms. The van der Waals surface area contributed by atoms with Crippen molar-refractivity contribution in [2.45, 2.75) is 31.1 Å². The van der Waals surface area contributed by atoms with Crippen molar-refractivity contribution in [1.29, 1.82) is 0 Å². The van der Waals surface area contributed by atoms with Crippen LogP contribution in [0.1, 0.15) is 41.5 Å². The first kappa shape index (κ1) is 19.5. The first-order valence-electron chi connectivity index (χ1n) is 9.28. The van der Waals surface area contributed by atoms with Crippen LogP contribution in [-0.2, 0) is 16.4 Å². The van der Waals surface area contributed by atoms with Gasteiger partial charge in [0.2, 0.25) is 10.0 Å². The number of fused-ring (bicyclic) bond motifs is 2. The van der Waals surface area contributed by atoms with Gasteiger partial charge in [-0.05, 0) is 42.2 Å². The van der Waals surface area contributed by atoms with E-state index in [0.717, 1.165) is 11.3 Å². The number of carbonyl (C=O) groups is 1. The van der Waals surface area contributed by atoms with Crippen LogP contribution in [-0.4, -0.2) is 58.9 Å². The molecule has 0 fully saturated rings. The molecule has 0 radical (unpaired) electrons. The molecule has 4 rings (SSSR count). The Labute approximate surface area is 169 Å². The zero-order valence-corrected chi connectivity index (χ0v) is 17.5. The molecule has 0 spiro atoms. The third-order valence-corrected chi connectivity index (χ3v) is 6.87. The van der Waals surface area contributed by atoms with Crippen LogP contribution in [0.3, 0.4) is 0 Å². The summed E-state index contributed by atoms with van der Waals surface area (Å²) in [5, 5.41) is 4.18. The van der Waals surface area contributed by atoms with Crippen molar-refractivity contribution in [3.05, 3.63) is 47.5 Å². The van der Waals surface area contributed by atoms with Crippen LogP contribution < -0.4 is 4.90 Å². The second kappa shape index (κ2) is 6.89. The molecule has 0 unspecified atom stereocenters. The summed E-state index contributed by atoms with van der Waals surface area (Å²) in [5.74, 6) is 0.282. The SMILES string of the molecule is CC(C)c1cc(C(=O)N2CCc3cc(S(=O)(=O)N(C)C)ccc32)nc2ncnn12. The van der Waals surface area contributed by atoms with Gasteiger partial charge >= 0.3 is 0 Å². The Balaban J connectivity index is 1.72. The standard InChI is InChI=1S/C19H22N6O3S/c1-12(2)17-10-15(22-19-20-11-21-25(17)19)18(26)24-8-7-13-9-14(5-6-16(13)24)29(27,28)23(3)4/h5-6,9-12H,7-8H2,1-4H3. The van der Waals surface area contributed by atoms with E-state index in [1.807, 2.05) is 13.8 Å². The molecule has 10 heteroatoms. The van der Waals surface area contributed by atoms with Crippen LogP contribution in [0.25, 0.3) is 5.78 Å². The molecule has 0 bridgehead atoms. The van der Waals surface area contributed by atoms with Crippen LogP contribution in [0, 0.1) is 0 Å². The van der Waals surface area contributed by atoms with Crippen molar-refractivity contribution < 1.29 is 13.2 Å². The van der Waals surface area contributed by atoms with Crippen LogP contribution in [0.4, 0.5) is 5.69 Å². The van der Waals surface area contributed by atoms with Crippen molar-refractivity contribution in [3.63, 3.8) is 0 Å². The summed E-state index contributed by atoms with van der Waals surface area (Å²) in [7, 11) is -0.528. The average Bonchev–Trinajstić information content (AvgIpc) is 3.32. The molecular formula is C19H22N6O3S. The maximum Gasteiger partial charge on any atom is 0.277 e. The number of carbonyl (C=O) groups excluding carboxylic acids is 1. The molecule has 0 atom stereocenters. The number of rotatable bonds is 4. The largest absolute Gasteiger partial charge is 0.306 e. The Hall–Kier alpha value is -2.85. The molecule has 152 valence electrons. The van der Waals surface area contributed by atoms with E-state index in [1.165, 1.54) is 30.8 Å². The van der Waals surface area contributed by atoms with Gasteiger partial charge in [-0.2, -0.15) is 10.1 Å². The predicted octanol–water partition coefficient (Wildman–Crippen LogP) is 1.70. The molecule has 1 aromatic carbocycles. The molecule has 0 saturated carbocycles. The zero-order chi connectivity index (χ0) is 20.9. The van der Waals surface area contributed by atoms with Crippen molar-refractivity contribution >= 4 is 27.4 Å². The van der Waals surface area contributed by atoms with E-state index >= 15 is 0 Å². The van der Waals surface area contributed by atoms with Gasteiger partial charge in [0.05, 0.1) is 10.6 Å². The molecule has 0 N–H and O–H groups in total. The van der Waals surface area contributed by atoms with E-state index in [4.69, 9.17) is 0 Å². The van der Waals surface area contributed by atoms with Gasteiger partial charge in [-0.3, -0.25) is 4.79 Å². The summed E-state index contributed by atoms with van der Waals surface area (Å²) >= 11 is 0. The first-order chi connectivity index (χ1) is 13.7. The summed E-state index contributed by atoms with van der Waals surface area (Å²) in [4.78, 5) is 23.6. The number of benzene rings is 1. The van der Waals surface area contributed by atoms with Crippen LogP contribution in [0.5, 0.6) is 0 Å². The lowest BCUT2D eigenvalue weighted by molar-refractivity contribution is 0.0984. The highest BCUT2D eigenvalue weighted by atomic mass is 32.2. The van der Waals surface area contributed by atoms with Gasteiger partial charge in [-0.1, -0.05) is 13.8 Å². The molecule has 0 aliphatic carbocycles. The molecule has 2 aromatic heterocycles. The van der Waals surface area contributed by atoms with Gasteiger partial charge < -0.3 is 4.90 Å². The van der Waals surface area contributed by atoms with Gasteiger partial charge in [0.15, 0.2) is 0 Å². The van der Waals surface area contributed by atoms with Crippen molar-refractivity contribution in [3.8, 4) is 0 Å². The lowest BCUT2D eigenvalue weighted by Crippen LogP contribution is -2.30. The summed E-state index contributed by atoms with van der Waals surface area (Å²) < 4.78 is 27.6. The molecule has 3 heterocycles. The van der Waals surface area contributed by atoms with E-state index in [-0.39, 0.29) is 16.7 Å². The number of anilines is 1. The molecular weight excluding hydrogens is 392 g/mol. The number of hydrogen-bond acceptors (Lipinski definition) is 6. The molecule has 9 nitrogen and oxygen atoms in total. The van der Waals surface area contributed by atoms with Gasteiger partial charge in [-0.15, -0.1) is 0 Å². The summed E-state index contributed by atoms with van der Waals surface area (Å²) in [5.41, 5.74) is 2.69. The highest BCUT2D eigenvalue weighted by molar-refractivity contribution is 7.89. The van der Waals surface area contributed by atoms with Gasteiger partial charge in [0.25, 0.3) is 11.7 Å². The topological polar surface area (TPSA) is 101 Å². The Morgan fingerprint density at radius 2 is 1.97 bits per heavy atom. The summed E-state index contributed by atoms with van der Waals surface area (Å²) in [6.07, 6.45) is 2.00. The fraction of sp³-hybridized carbons (Fsp3) is 0.368. The van der Waals surface area contributed by atoms with Crippen molar-refractivity contribution in [2.75, 3.05) is 25.5 Å². The smallest absolute Gasteiger partial charge is 0.277 e. The maximum atomic E-state index is 13.2. The lowest BCUT2D eigenvalue weighted by atomic mass is 10.1. The number of sulfonamides is 1. The third kappa shape index (κ3) is 3.18. The van der Waals surface area contributed by atoms with Crippen LogP contribution in [0.2, 0.25) is 0 Å². The third-order valence-electron chi connectivity index (χ3n) is 5.06. The number of amides is 1. The van der Waals surface area contributed by atoms with E-state index in [9.17, 15) is 13.2 Å². The van der Waals surface area contributed by atoms with E-state index in [1.54, 1.807) is 27.6 Å². The van der Waals surface area contributed by atoms with E-state index in [2.05, 4.69) is 15.1 Å². The van der Waals surface area contributed by atoms with Crippen molar-refractivity contribution in [1.82, 2.24) is 23.9 Å². The normalized spacial score (nSPS) is 14.2. The fourth-order valence-electron chi connectivity index (χ4n) is 3.45. The maximum absolute atomic E-state index is 13.2. The minimum Gasteiger partial charge on any atom is -0.306 e. The lowest BCUT2D eigenvalue weighted by Gasteiger charge is -2.18. The van der Waals surface area contributed by atoms with E-state index < -0.39 is 10.0 Å². The molecule has 3 aromatic rings. The molecule has 1 aliphatic rings. The molecule has 0 saturated heterocycles. The first-order valence-corrected chi connectivity index (χ1v) is 10.7. The second-order valence-electron chi connectivity index (χ2n) is 7.48. The monoisotopic (exact) mass is 414 g/mol. The second-order valence-corrected chi connectivity index (χ2v) is 9.63. The Morgan fingerprint density at radius 3 is 2.66 bits per heavy atom. The Morgan fingerprint density at radius 1 is 1.21 bits per heavy atom. The number of aromatic nitrogens is 4. The fourth-order valence-corrected chi connectivity index (χ4v) is 4.41. The van der Waals surface area contributed by atoms with Gasteiger partial charge in [0, 0.05) is 26.3 Å². The average molecular weight is 414 g/mol. The van der Waals surface area contributed by atoms with Crippen molar-refractivity contribution in [2.24, 2.45) is 0 Å². The summed E-state index contributed by atoms with van der Waals surface area (Å²) in [6, 6.07) is 6.62. The minimum absolute atomic E-state index is 0.137. The molecule has 1 aliphatic heterocycles. The highest BCUT2D eigenvalue weighted by Gasteiger charge is 2.29. The number of nitrogens with zero attached hydrogens (tertiary/aromatic N) is 6. The van der Waals surface area contributed by atoms with Crippen LogP contribution >= 0.6 is 0 Å². The predicted molar refractivity (Wildman–Crippen MR) is 108 cm³/mol. The minimum atomic E-state index is -3.52.